The second-order valence-electron chi connectivity index (χ2n) is 21.6. The summed E-state index contributed by atoms with van der Waals surface area (Å²) in [4.78, 5) is 31.4. The first-order chi connectivity index (χ1) is 40.2. The van der Waals surface area contributed by atoms with Gasteiger partial charge >= 0.3 is 0 Å². The normalized spacial score (nSPS) is 15.0. The van der Waals surface area contributed by atoms with Crippen LogP contribution in [0.3, 0.4) is 0 Å². The molecule has 2 unspecified atom stereocenters. The van der Waals surface area contributed by atoms with E-state index in [0.717, 1.165) is 44.5 Å². The van der Waals surface area contributed by atoms with E-state index in [4.69, 9.17) is 29.9 Å². The van der Waals surface area contributed by atoms with Gasteiger partial charge in [-0.1, -0.05) is 249 Å². The standard InChI is InChI=1S/C75H46N6/c1-4-20-45(21-5-1)69-76-70(46-22-6-2-7-23-46)78-72(77-69)49-36-39-57-61(43-49)67-55-30-11-12-31-56(55)68(57)62-44-50(37-40-58(62)67)73-79-71(47-24-8-3-9-25-47)80-74(81-73)59-32-13-10-26-51(59)48-38-41-66-60(42-48)54-29-16-19-35-65(54)75(66)63-33-17-14-27-52(63)53-28-15-18-34-64(53)75/h1-44,67-68H. The summed E-state index contributed by atoms with van der Waals surface area (Å²) in [5, 5.41) is 0. The molecule has 0 amide bonds. The van der Waals surface area contributed by atoms with Crippen molar-refractivity contribution in [2.24, 2.45) is 0 Å². The molecule has 6 heteroatoms. The van der Waals surface area contributed by atoms with Crippen molar-refractivity contribution in [1.82, 2.24) is 29.9 Å². The summed E-state index contributed by atoms with van der Waals surface area (Å²) in [5.74, 6) is 3.81. The van der Waals surface area contributed by atoms with Crippen LogP contribution < -0.4 is 0 Å². The number of fused-ring (bicyclic) bond motifs is 10. The van der Waals surface area contributed by atoms with Gasteiger partial charge in [0.2, 0.25) is 0 Å². The SMILES string of the molecule is c1ccc(-c2nc(-c3ccccc3)nc(-c3ccc4c(c3)C3c5ccccc5C4c4cc(-c5nc(-c6ccccc6)nc(-c6ccccc6-c6ccc7c(c6)-c6ccccc6C76c7ccccc7-c7ccccc76)n5)ccc43)n2)cc1. The lowest BCUT2D eigenvalue weighted by Gasteiger charge is -2.42. The Morgan fingerprint density at radius 2 is 0.519 bits per heavy atom. The maximum absolute atomic E-state index is 5.46. The van der Waals surface area contributed by atoms with Crippen molar-refractivity contribution in [3.8, 4) is 102 Å². The predicted octanol–water partition coefficient (Wildman–Crippen LogP) is 17.1. The first-order valence-electron chi connectivity index (χ1n) is 27.7. The molecule has 0 radical (unpaired) electrons. The molecule has 18 rings (SSSR count). The van der Waals surface area contributed by atoms with Crippen LogP contribution in [0, 0.1) is 0 Å². The number of benzene rings is 11. The van der Waals surface area contributed by atoms with E-state index in [1.165, 1.54) is 77.9 Å². The Kier molecular flexibility index (Phi) is 9.95. The molecule has 0 aliphatic heterocycles. The molecule has 5 aliphatic carbocycles. The summed E-state index contributed by atoms with van der Waals surface area (Å²) in [5.41, 5.74) is 25.6. The molecule has 376 valence electrons. The fourth-order valence-corrected chi connectivity index (χ4v) is 14.0. The lowest BCUT2D eigenvalue weighted by molar-refractivity contribution is 0.754. The maximum atomic E-state index is 5.46. The molecule has 0 fully saturated rings. The number of nitrogens with zero attached hydrogens (tertiary/aromatic N) is 6. The summed E-state index contributed by atoms with van der Waals surface area (Å²) < 4.78 is 0. The molecule has 11 aromatic carbocycles. The van der Waals surface area contributed by atoms with Crippen LogP contribution in [0.2, 0.25) is 0 Å². The van der Waals surface area contributed by atoms with Gasteiger partial charge in [0.1, 0.15) is 0 Å². The Morgan fingerprint density at radius 1 is 0.198 bits per heavy atom. The van der Waals surface area contributed by atoms with Crippen LogP contribution in [0.1, 0.15) is 67.5 Å². The summed E-state index contributed by atoms with van der Waals surface area (Å²) in [7, 11) is 0. The van der Waals surface area contributed by atoms with E-state index in [1.54, 1.807) is 0 Å². The van der Waals surface area contributed by atoms with Crippen LogP contribution in [-0.4, -0.2) is 29.9 Å². The third-order valence-corrected chi connectivity index (χ3v) is 17.4. The molecule has 5 aliphatic rings. The average Bonchev–Trinajstić information content (AvgIpc) is 3.57. The Hall–Kier alpha value is -10.6. The first kappa shape index (κ1) is 45.5. The maximum Gasteiger partial charge on any atom is 0.164 e. The van der Waals surface area contributed by atoms with Gasteiger partial charge in [-0.3, -0.25) is 0 Å². The molecule has 6 nitrogen and oxygen atoms in total. The summed E-state index contributed by atoms with van der Waals surface area (Å²) in [6.07, 6.45) is 0. The fraction of sp³-hybridized carbons (Fsp3) is 0.0400. The van der Waals surface area contributed by atoms with Gasteiger partial charge < -0.3 is 0 Å². The highest BCUT2D eigenvalue weighted by molar-refractivity contribution is 5.97. The van der Waals surface area contributed by atoms with E-state index < -0.39 is 5.41 Å². The molecule has 2 bridgehead atoms. The zero-order valence-corrected chi connectivity index (χ0v) is 43.7. The zero-order valence-electron chi connectivity index (χ0n) is 43.7. The highest BCUT2D eigenvalue weighted by atomic mass is 15.0. The van der Waals surface area contributed by atoms with Crippen molar-refractivity contribution in [2.75, 3.05) is 0 Å². The van der Waals surface area contributed by atoms with Gasteiger partial charge in [-0.05, 0) is 107 Å². The molecule has 2 aromatic heterocycles. The zero-order chi connectivity index (χ0) is 53.2. The molecular weight excluding hydrogens is 985 g/mol. The number of hydrogen-bond donors (Lipinski definition) is 0. The quantitative estimate of drug-likeness (QED) is 0.158. The molecule has 1 spiro atoms. The van der Waals surface area contributed by atoms with Crippen molar-refractivity contribution >= 4 is 0 Å². The lowest BCUT2D eigenvalue weighted by Crippen LogP contribution is -2.27. The largest absolute Gasteiger partial charge is 0.208 e. The van der Waals surface area contributed by atoms with Crippen LogP contribution >= 0.6 is 0 Å². The van der Waals surface area contributed by atoms with Crippen LogP contribution in [0.5, 0.6) is 0 Å². The predicted molar refractivity (Wildman–Crippen MR) is 322 cm³/mol. The molecule has 0 saturated carbocycles. The third kappa shape index (κ3) is 6.80. The molecule has 2 atom stereocenters. The molecule has 0 N–H and O–H groups in total. The van der Waals surface area contributed by atoms with Crippen LogP contribution in [0.15, 0.2) is 267 Å². The first-order valence-corrected chi connectivity index (χ1v) is 27.7. The Labute approximate surface area is 469 Å². The Morgan fingerprint density at radius 3 is 0.975 bits per heavy atom. The highest BCUT2D eigenvalue weighted by Crippen LogP contribution is 2.63. The van der Waals surface area contributed by atoms with Crippen molar-refractivity contribution in [3.63, 3.8) is 0 Å². The minimum Gasteiger partial charge on any atom is -0.208 e. The number of hydrogen-bond acceptors (Lipinski definition) is 6. The van der Waals surface area contributed by atoms with Gasteiger partial charge in [0, 0.05) is 45.2 Å². The lowest BCUT2D eigenvalue weighted by atomic mass is 9.61. The molecule has 0 saturated heterocycles. The van der Waals surface area contributed by atoms with Crippen molar-refractivity contribution < 1.29 is 0 Å². The van der Waals surface area contributed by atoms with E-state index in [2.05, 4.69) is 212 Å². The van der Waals surface area contributed by atoms with E-state index in [1.807, 2.05) is 54.6 Å². The van der Waals surface area contributed by atoms with E-state index >= 15 is 0 Å². The highest BCUT2D eigenvalue weighted by Gasteiger charge is 2.51. The van der Waals surface area contributed by atoms with Gasteiger partial charge in [-0.25, -0.2) is 29.9 Å². The minimum atomic E-state index is -0.415. The topological polar surface area (TPSA) is 77.3 Å². The van der Waals surface area contributed by atoms with Crippen molar-refractivity contribution in [2.45, 2.75) is 17.3 Å². The van der Waals surface area contributed by atoms with Gasteiger partial charge in [0.05, 0.1) is 5.41 Å². The minimum absolute atomic E-state index is 0.00206. The second kappa shape index (κ2) is 17.7. The summed E-state index contributed by atoms with van der Waals surface area (Å²) in [6, 6.07) is 95.9. The number of rotatable bonds is 7. The van der Waals surface area contributed by atoms with E-state index in [9.17, 15) is 0 Å². The second-order valence-corrected chi connectivity index (χ2v) is 21.6. The van der Waals surface area contributed by atoms with Crippen LogP contribution in [0.25, 0.3) is 102 Å². The number of aromatic nitrogens is 6. The van der Waals surface area contributed by atoms with Gasteiger partial charge in [-0.15, -0.1) is 0 Å². The van der Waals surface area contributed by atoms with Crippen molar-refractivity contribution in [3.05, 3.63) is 323 Å². The molecule has 81 heavy (non-hydrogen) atoms. The summed E-state index contributed by atoms with van der Waals surface area (Å²) >= 11 is 0. The van der Waals surface area contributed by atoms with Crippen molar-refractivity contribution in [1.29, 1.82) is 0 Å². The third-order valence-electron chi connectivity index (χ3n) is 17.4. The van der Waals surface area contributed by atoms with E-state index in [0.29, 0.717) is 34.9 Å². The van der Waals surface area contributed by atoms with Gasteiger partial charge in [0.25, 0.3) is 0 Å². The smallest absolute Gasteiger partial charge is 0.164 e. The summed E-state index contributed by atoms with van der Waals surface area (Å²) in [6.45, 7) is 0. The van der Waals surface area contributed by atoms with E-state index in [-0.39, 0.29) is 11.8 Å². The van der Waals surface area contributed by atoms with Crippen LogP contribution in [-0.2, 0) is 5.41 Å². The molecule has 13 aromatic rings. The average molecular weight is 1030 g/mol. The molecule has 2 heterocycles. The van der Waals surface area contributed by atoms with Gasteiger partial charge in [0.15, 0.2) is 34.9 Å². The Balaban J connectivity index is 0.787. The molecular formula is C75H46N6. The monoisotopic (exact) mass is 1030 g/mol. The Bertz CT molecular complexity index is 4620. The fourth-order valence-electron chi connectivity index (χ4n) is 14.0. The van der Waals surface area contributed by atoms with Gasteiger partial charge in [-0.2, -0.15) is 0 Å². The van der Waals surface area contributed by atoms with Crippen LogP contribution in [0.4, 0.5) is 0 Å².